The predicted octanol–water partition coefficient (Wildman–Crippen LogP) is 6.53. The fraction of sp³-hybridized carbons (Fsp3) is 0.0741. The molecule has 5 aromatic rings. The second-order valence-electron chi connectivity index (χ2n) is 7.80. The average Bonchev–Trinajstić information content (AvgIpc) is 3.31. The van der Waals surface area contributed by atoms with Gasteiger partial charge in [0.15, 0.2) is 5.65 Å². The molecule has 172 valence electrons. The van der Waals surface area contributed by atoms with Gasteiger partial charge in [-0.25, -0.2) is 9.50 Å². The van der Waals surface area contributed by atoms with Crippen LogP contribution >= 0.6 is 0 Å². The molecule has 8 heteroatoms. The minimum absolute atomic E-state index is 0.0102. The monoisotopic (exact) mass is 470 g/mol. The summed E-state index contributed by atoms with van der Waals surface area (Å²) in [4.78, 5) is 4.46. The van der Waals surface area contributed by atoms with Gasteiger partial charge in [0, 0.05) is 17.3 Å². The van der Waals surface area contributed by atoms with Crippen molar-refractivity contribution in [3.8, 4) is 34.2 Å². The van der Waals surface area contributed by atoms with Crippen molar-refractivity contribution in [2.75, 3.05) is 0 Å². The lowest BCUT2D eigenvalue weighted by Crippen LogP contribution is -2.06. The van der Waals surface area contributed by atoms with Crippen LogP contribution in [0.1, 0.15) is 16.7 Å². The molecule has 0 aliphatic carbocycles. The highest BCUT2D eigenvalue weighted by atomic mass is 19.4. The van der Waals surface area contributed by atoms with E-state index in [4.69, 9.17) is 4.74 Å². The maximum atomic E-state index is 12.9. The molecule has 35 heavy (non-hydrogen) atoms. The molecule has 2 aromatic heterocycles. The zero-order valence-corrected chi connectivity index (χ0v) is 18.2. The molecule has 5 nitrogen and oxygen atoms in total. The largest absolute Gasteiger partial charge is 0.489 e. The molecule has 2 heterocycles. The number of hydrogen-bond acceptors (Lipinski definition) is 4. The van der Waals surface area contributed by atoms with Crippen molar-refractivity contribution in [3.05, 3.63) is 108 Å². The van der Waals surface area contributed by atoms with Crippen molar-refractivity contribution >= 4 is 5.65 Å². The Morgan fingerprint density at radius 2 is 1.66 bits per heavy atom. The summed E-state index contributed by atoms with van der Waals surface area (Å²) >= 11 is 0. The highest BCUT2D eigenvalue weighted by molar-refractivity contribution is 5.82. The molecular weight excluding hydrogens is 453 g/mol. The van der Waals surface area contributed by atoms with E-state index in [0.717, 1.165) is 34.5 Å². The van der Waals surface area contributed by atoms with Crippen LogP contribution in [0.3, 0.4) is 0 Å². The van der Waals surface area contributed by atoms with Gasteiger partial charge in [0.1, 0.15) is 24.0 Å². The van der Waals surface area contributed by atoms with E-state index in [1.165, 1.54) is 12.3 Å². The van der Waals surface area contributed by atoms with E-state index in [-0.39, 0.29) is 6.61 Å². The second-order valence-corrected chi connectivity index (χ2v) is 7.80. The van der Waals surface area contributed by atoms with Gasteiger partial charge in [-0.05, 0) is 35.4 Å². The first-order chi connectivity index (χ1) is 16.9. The Balaban J connectivity index is 1.45. The number of nitrogens with zero attached hydrogens (tertiary/aromatic N) is 4. The minimum Gasteiger partial charge on any atom is -0.489 e. The normalized spacial score (nSPS) is 11.4. The molecule has 5 rings (SSSR count). The highest BCUT2D eigenvalue weighted by Gasteiger charge is 2.30. The quantitative estimate of drug-likeness (QED) is 0.293. The standard InChI is InChI=1S/C27H17F3N4O/c28-27(29,30)22-8-4-5-18(13-22)17-35-23-11-9-19(10-12-23)24-16-32-26-21(14-31)15-33-34(26)25(24)20-6-2-1-3-7-20/h1-13,15-16H,17H2. The number of aromatic nitrogens is 3. The maximum absolute atomic E-state index is 12.9. The van der Waals surface area contributed by atoms with Gasteiger partial charge in [-0.2, -0.15) is 23.5 Å². The van der Waals surface area contributed by atoms with E-state index in [1.807, 2.05) is 42.5 Å². The van der Waals surface area contributed by atoms with E-state index in [2.05, 4.69) is 16.2 Å². The Labute approximate surface area is 198 Å². The van der Waals surface area contributed by atoms with Crippen molar-refractivity contribution in [3.63, 3.8) is 0 Å². The summed E-state index contributed by atoms with van der Waals surface area (Å²) in [5.41, 5.74) is 3.92. The lowest BCUT2D eigenvalue weighted by Gasteiger charge is -2.13. The summed E-state index contributed by atoms with van der Waals surface area (Å²) in [6.07, 6.45) is -1.20. The van der Waals surface area contributed by atoms with Crippen molar-refractivity contribution in [2.45, 2.75) is 12.8 Å². The molecule has 0 radical (unpaired) electrons. The van der Waals surface area contributed by atoms with Gasteiger partial charge in [-0.15, -0.1) is 0 Å². The lowest BCUT2D eigenvalue weighted by molar-refractivity contribution is -0.137. The molecule has 0 spiro atoms. The molecule has 0 atom stereocenters. The van der Waals surface area contributed by atoms with Gasteiger partial charge >= 0.3 is 6.18 Å². The van der Waals surface area contributed by atoms with E-state index in [0.29, 0.717) is 22.5 Å². The van der Waals surface area contributed by atoms with Crippen molar-refractivity contribution in [2.24, 2.45) is 0 Å². The maximum Gasteiger partial charge on any atom is 0.416 e. The fourth-order valence-corrected chi connectivity index (χ4v) is 3.83. The molecule has 0 saturated heterocycles. The Morgan fingerprint density at radius 3 is 2.37 bits per heavy atom. The van der Waals surface area contributed by atoms with E-state index in [1.54, 1.807) is 28.9 Å². The van der Waals surface area contributed by atoms with Crippen LogP contribution < -0.4 is 4.74 Å². The zero-order chi connectivity index (χ0) is 24.4. The van der Waals surface area contributed by atoms with Crippen LogP contribution in [0.15, 0.2) is 91.3 Å². The third-order valence-electron chi connectivity index (χ3n) is 5.52. The van der Waals surface area contributed by atoms with Crippen LogP contribution in [-0.2, 0) is 12.8 Å². The Morgan fingerprint density at radius 1 is 0.886 bits per heavy atom. The lowest BCUT2D eigenvalue weighted by atomic mass is 10.0. The average molecular weight is 470 g/mol. The number of halogens is 3. The fourth-order valence-electron chi connectivity index (χ4n) is 3.83. The SMILES string of the molecule is N#Cc1cnn2c(-c3ccccc3)c(-c3ccc(OCc4cccc(C(F)(F)F)c4)cc3)cnc12. The number of ether oxygens (including phenoxy) is 1. The first-order valence-electron chi connectivity index (χ1n) is 10.7. The number of hydrogen-bond donors (Lipinski definition) is 0. The van der Waals surface area contributed by atoms with Gasteiger partial charge < -0.3 is 4.74 Å². The summed E-state index contributed by atoms with van der Waals surface area (Å²) in [5.74, 6) is 0.521. The molecule has 0 fully saturated rings. The molecule has 0 aliphatic rings. The Bertz CT molecular complexity index is 1540. The van der Waals surface area contributed by atoms with Crippen LogP contribution in [0.2, 0.25) is 0 Å². The van der Waals surface area contributed by atoms with E-state index < -0.39 is 11.7 Å². The van der Waals surface area contributed by atoms with Gasteiger partial charge in [-0.1, -0.05) is 54.6 Å². The third kappa shape index (κ3) is 4.44. The predicted molar refractivity (Wildman–Crippen MR) is 124 cm³/mol. The summed E-state index contributed by atoms with van der Waals surface area (Å²) < 4.78 is 46.2. The molecule has 0 aliphatic heterocycles. The van der Waals surface area contributed by atoms with Crippen LogP contribution in [0.5, 0.6) is 5.75 Å². The highest BCUT2D eigenvalue weighted by Crippen LogP contribution is 2.34. The van der Waals surface area contributed by atoms with Gasteiger partial charge in [0.25, 0.3) is 0 Å². The molecule has 0 bridgehead atoms. The summed E-state index contributed by atoms with van der Waals surface area (Å²) in [6, 6.07) is 24.1. The zero-order valence-electron chi connectivity index (χ0n) is 18.2. The number of rotatable bonds is 5. The van der Waals surface area contributed by atoms with Crippen molar-refractivity contribution in [1.82, 2.24) is 14.6 Å². The number of fused-ring (bicyclic) bond motifs is 1. The topological polar surface area (TPSA) is 63.2 Å². The number of nitriles is 1. The third-order valence-corrected chi connectivity index (χ3v) is 5.52. The summed E-state index contributed by atoms with van der Waals surface area (Å²) in [6.45, 7) is 0.0102. The summed E-state index contributed by atoms with van der Waals surface area (Å²) in [7, 11) is 0. The first kappa shape index (κ1) is 22.2. The Hall–Kier alpha value is -4.64. The van der Waals surface area contributed by atoms with Crippen LogP contribution in [0.4, 0.5) is 13.2 Å². The molecule has 3 aromatic carbocycles. The number of benzene rings is 3. The molecule has 0 saturated carbocycles. The van der Waals surface area contributed by atoms with Gasteiger partial charge in [0.05, 0.1) is 17.5 Å². The molecule has 0 N–H and O–H groups in total. The Kier molecular flexibility index (Phi) is 5.67. The minimum atomic E-state index is -4.40. The summed E-state index contributed by atoms with van der Waals surface area (Å²) in [5, 5.41) is 13.8. The molecular formula is C27H17F3N4O. The van der Waals surface area contributed by atoms with Gasteiger partial charge in [0.2, 0.25) is 0 Å². The van der Waals surface area contributed by atoms with Crippen LogP contribution in [-0.4, -0.2) is 14.6 Å². The van der Waals surface area contributed by atoms with Crippen molar-refractivity contribution < 1.29 is 17.9 Å². The second kappa shape index (κ2) is 8.95. The molecule has 0 unspecified atom stereocenters. The molecule has 0 amide bonds. The van der Waals surface area contributed by atoms with Crippen LogP contribution in [0, 0.1) is 11.3 Å². The smallest absolute Gasteiger partial charge is 0.416 e. The first-order valence-corrected chi connectivity index (χ1v) is 10.7. The van der Waals surface area contributed by atoms with E-state index >= 15 is 0 Å². The van der Waals surface area contributed by atoms with Crippen molar-refractivity contribution in [1.29, 1.82) is 5.26 Å². The van der Waals surface area contributed by atoms with E-state index in [9.17, 15) is 18.4 Å². The number of alkyl halides is 3. The van der Waals surface area contributed by atoms with Gasteiger partial charge in [-0.3, -0.25) is 0 Å². The van der Waals surface area contributed by atoms with Crippen LogP contribution in [0.25, 0.3) is 28.0 Å².